The summed E-state index contributed by atoms with van der Waals surface area (Å²) in [6, 6.07) is 5.73. The lowest BCUT2D eigenvalue weighted by molar-refractivity contribution is -0.137. The van der Waals surface area contributed by atoms with Crippen LogP contribution in [-0.2, 0) is 9.53 Å². The SMILES string of the molecule is CC(=O)c1ccc(C(CC(=O)O)NC(=O)OC(C)(C)C)cc1. The van der Waals surface area contributed by atoms with Crippen LogP contribution in [0, 0.1) is 0 Å². The van der Waals surface area contributed by atoms with E-state index in [0.717, 1.165) is 0 Å². The molecule has 1 rings (SSSR count). The summed E-state index contributed by atoms with van der Waals surface area (Å²) in [7, 11) is 0. The topological polar surface area (TPSA) is 92.7 Å². The van der Waals surface area contributed by atoms with Crippen LogP contribution in [0.15, 0.2) is 24.3 Å². The molecule has 1 aromatic carbocycles. The fourth-order valence-electron chi connectivity index (χ4n) is 1.83. The summed E-state index contributed by atoms with van der Waals surface area (Å²) in [6.07, 6.45) is -0.965. The fourth-order valence-corrected chi connectivity index (χ4v) is 1.83. The number of carboxylic acid groups (broad SMARTS) is 1. The van der Waals surface area contributed by atoms with E-state index in [4.69, 9.17) is 9.84 Å². The van der Waals surface area contributed by atoms with E-state index < -0.39 is 23.7 Å². The molecule has 1 atom stereocenters. The van der Waals surface area contributed by atoms with E-state index in [0.29, 0.717) is 11.1 Å². The normalized spacial score (nSPS) is 12.4. The molecule has 0 radical (unpaired) electrons. The van der Waals surface area contributed by atoms with Crippen molar-refractivity contribution in [3.63, 3.8) is 0 Å². The standard InChI is InChI=1S/C16H21NO5/c1-10(18)11-5-7-12(8-6-11)13(9-14(19)20)17-15(21)22-16(2,3)4/h5-8,13H,9H2,1-4H3,(H,17,21)(H,19,20). The van der Waals surface area contributed by atoms with Gasteiger partial charge in [-0.1, -0.05) is 24.3 Å². The smallest absolute Gasteiger partial charge is 0.408 e. The first kappa shape index (κ1) is 17.7. The first-order valence-electron chi connectivity index (χ1n) is 6.90. The van der Waals surface area contributed by atoms with Crippen LogP contribution >= 0.6 is 0 Å². The van der Waals surface area contributed by atoms with Crippen molar-refractivity contribution < 1.29 is 24.2 Å². The highest BCUT2D eigenvalue weighted by Gasteiger charge is 2.22. The highest BCUT2D eigenvalue weighted by molar-refractivity contribution is 5.94. The lowest BCUT2D eigenvalue weighted by atomic mass is 10.0. The van der Waals surface area contributed by atoms with Gasteiger partial charge in [0.25, 0.3) is 0 Å². The van der Waals surface area contributed by atoms with E-state index in [9.17, 15) is 14.4 Å². The number of amides is 1. The Kier molecular flexibility index (Phi) is 5.68. The highest BCUT2D eigenvalue weighted by atomic mass is 16.6. The molecule has 6 nitrogen and oxygen atoms in total. The van der Waals surface area contributed by atoms with Gasteiger partial charge in [0.2, 0.25) is 0 Å². The quantitative estimate of drug-likeness (QED) is 0.816. The molecule has 1 unspecified atom stereocenters. The minimum atomic E-state index is -1.04. The van der Waals surface area contributed by atoms with Crippen molar-refractivity contribution in [1.29, 1.82) is 0 Å². The molecule has 0 aliphatic heterocycles. The number of hydrogen-bond acceptors (Lipinski definition) is 4. The third-order valence-electron chi connectivity index (χ3n) is 2.79. The third-order valence-corrected chi connectivity index (χ3v) is 2.79. The Morgan fingerprint density at radius 3 is 2.14 bits per heavy atom. The van der Waals surface area contributed by atoms with Crippen molar-refractivity contribution in [2.24, 2.45) is 0 Å². The molecule has 0 aliphatic carbocycles. The van der Waals surface area contributed by atoms with Crippen LogP contribution in [0.25, 0.3) is 0 Å². The first-order chi connectivity index (χ1) is 10.1. The van der Waals surface area contributed by atoms with E-state index in [1.807, 2.05) is 0 Å². The number of rotatable bonds is 5. The van der Waals surface area contributed by atoms with E-state index >= 15 is 0 Å². The van der Waals surface area contributed by atoms with Crippen LogP contribution in [0.1, 0.15) is 56.1 Å². The van der Waals surface area contributed by atoms with Crippen molar-refractivity contribution in [3.8, 4) is 0 Å². The predicted octanol–water partition coefficient (Wildman–Crippen LogP) is 2.93. The molecule has 0 saturated heterocycles. The zero-order chi connectivity index (χ0) is 16.9. The Morgan fingerprint density at radius 2 is 1.73 bits per heavy atom. The Balaban J connectivity index is 2.90. The molecule has 2 N–H and O–H groups in total. The number of benzene rings is 1. The molecule has 120 valence electrons. The van der Waals surface area contributed by atoms with Crippen molar-refractivity contribution in [2.45, 2.75) is 45.8 Å². The Morgan fingerprint density at radius 1 is 1.18 bits per heavy atom. The molecule has 0 aliphatic rings. The van der Waals surface area contributed by atoms with Gasteiger partial charge in [0, 0.05) is 5.56 Å². The van der Waals surface area contributed by atoms with Crippen LogP contribution in [0.4, 0.5) is 4.79 Å². The number of ether oxygens (including phenoxy) is 1. The van der Waals surface area contributed by atoms with E-state index in [-0.39, 0.29) is 12.2 Å². The number of carbonyl (C=O) groups is 3. The zero-order valence-corrected chi connectivity index (χ0v) is 13.2. The number of carbonyl (C=O) groups excluding carboxylic acids is 2. The molecular weight excluding hydrogens is 286 g/mol. The summed E-state index contributed by atoms with van der Waals surface area (Å²) >= 11 is 0. The maximum atomic E-state index is 11.8. The Hall–Kier alpha value is -2.37. The highest BCUT2D eigenvalue weighted by Crippen LogP contribution is 2.19. The summed E-state index contributed by atoms with van der Waals surface area (Å²) in [5, 5.41) is 11.5. The molecule has 6 heteroatoms. The van der Waals surface area contributed by atoms with Crippen molar-refractivity contribution in [1.82, 2.24) is 5.32 Å². The van der Waals surface area contributed by atoms with Crippen LogP contribution in [0.2, 0.25) is 0 Å². The molecule has 0 saturated carbocycles. The van der Waals surface area contributed by atoms with Gasteiger partial charge < -0.3 is 15.2 Å². The minimum Gasteiger partial charge on any atom is -0.481 e. The van der Waals surface area contributed by atoms with Crippen molar-refractivity contribution >= 4 is 17.8 Å². The summed E-state index contributed by atoms with van der Waals surface area (Å²) in [5.74, 6) is -1.13. The number of nitrogens with one attached hydrogen (secondary N) is 1. The maximum Gasteiger partial charge on any atom is 0.408 e. The second-order valence-electron chi connectivity index (χ2n) is 5.97. The van der Waals surface area contributed by atoms with E-state index in [2.05, 4.69) is 5.32 Å². The number of carboxylic acids is 1. The summed E-state index contributed by atoms with van der Waals surface area (Å²) in [4.78, 5) is 34.1. The van der Waals surface area contributed by atoms with Crippen LogP contribution < -0.4 is 5.32 Å². The zero-order valence-electron chi connectivity index (χ0n) is 13.2. The van der Waals surface area contributed by atoms with Gasteiger partial charge in [-0.2, -0.15) is 0 Å². The second-order valence-corrected chi connectivity index (χ2v) is 5.97. The molecule has 0 heterocycles. The third kappa shape index (κ3) is 5.95. The summed E-state index contributed by atoms with van der Waals surface area (Å²) in [6.45, 7) is 6.62. The Bertz CT molecular complexity index is 557. The Labute approximate surface area is 129 Å². The molecular formula is C16H21NO5. The number of Topliss-reactive ketones (excluding diaryl/α,β-unsaturated/α-hetero) is 1. The van der Waals surface area contributed by atoms with Gasteiger partial charge in [-0.3, -0.25) is 9.59 Å². The molecule has 0 bridgehead atoms. The number of alkyl carbamates (subject to hydrolysis) is 1. The van der Waals surface area contributed by atoms with Crippen molar-refractivity contribution in [3.05, 3.63) is 35.4 Å². The summed E-state index contributed by atoms with van der Waals surface area (Å²) < 4.78 is 5.14. The van der Waals surface area contributed by atoms with Gasteiger partial charge in [-0.05, 0) is 33.3 Å². The predicted molar refractivity (Wildman–Crippen MR) is 80.8 cm³/mol. The van der Waals surface area contributed by atoms with Crippen molar-refractivity contribution in [2.75, 3.05) is 0 Å². The number of aliphatic carboxylic acids is 1. The van der Waals surface area contributed by atoms with Gasteiger partial charge in [-0.25, -0.2) is 4.79 Å². The number of hydrogen-bond donors (Lipinski definition) is 2. The molecule has 0 spiro atoms. The maximum absolute atomic E-state index is 11.8. The molecule has 22 heavy (non-hydrogen) atoms. The lowest BCUT2D eigenvalue weighted by Crippen LogP contribution is -2.35. The van der Waals surface area contributed by atoms with Crippen LogP contribution in [-0.4, -0.2) is 28.6 Å². The van der Waals surface area contributed by atoms with Gasteiger partial charge in [0.1, 0.15) is 5.60 Å². The molecule has 1 aromatic rings. The monoisotopic (exact) mass is 307 g/mol. The van der Waals surface area contributed by atoms with Gasteiger partial charge in [0.15, 0.2) is 5.78 Å². The van der Waals surface area contributed by atoms with E-state index in [1.165, 1.54) is 6.92 Å². The van der Waals surface area contributed by atoms with Gasteiger partial charge >= 0.3 is 12.1 Å². The number of ketones is 1. The van der Waals surface area contributed by atoms with E-state index in [1.54, 1.807) is 45.0 Å². The lowest BCUT2D eigenvalue weighted by Gasteiger charge is -2.23. The fraction of sp³-hybridized carbons (Fsp3) is 0.438. The first-order valence-corrected chi connectivity index (χ1v) is 6.90. The molecule has 1 amide bonds. The molecule has 0 fully saturated rings. The van der Waals surface area contributed by atoms with Crippen LogP contribution in [0.5, 0.6) is 0 Å². The molecule has 0 aromatic heterocycles. The van der Waals surface area contributed by atoms with Gasteiger partial charge in [-0.15, -0.1) is 0 Å². The average molecular weight is 307 g/mol. The van der Waals surface area contributed by atoms with Gasteiger partial charge in [0.05, 0.1) is 12.5 Å². The minimum absolute atomic E-state index is 0.0820. The average Bonchev–Trinajstić information content (AvgIpc) is 2.35. The second kappa shape index (κ2) is 7.06. The largest absolute Gasteiger partial charge is 0.481 e. The summed E-state index contributed by atoms with van der Waals surface area (Å²) in [5.41, 5.74) is 0.449. The van der Waals surface area contributed by atoms with Crippen LogP contribution in [0.3, 0.4) is 0 Å².